The monoisotopic (exact) mass is 332 g/mol. The van der Waals surface area contributed by atoms with Crippen LogP contribution in [-0.4, -0.2) is 18.2 Å². The number of rotatable bonds is 2. The van der Waals surface area contributed by atoms with Crippen molar-refractivity contribution in [3.63, 3.8) is 0 Å². The van der Waals surface area contributed by atoms with Crippen molar-refractivity contribution in [2.24, 2.45) is 0 Å². The van der Waals surface area contributed by atoms with Gasteiger partial charge in [0.2, 0.25) is 0 Å². The Bertz CT molecular complexity index is 814. The average molecular weight is 332 g/mol. The van der Waals surface area contributed by atoms with E-state index in [-0.39, 0.29) is 5.41 Å². The Hall–Kier alpha value is -2.18. The highest BCUT2D eigenvalue weighted by molar-refractivity contribution is 5.76. The van der Waals surface area contributed by atoms with E-state index < -0.39 is 0 Å². The zero-order valence-electron chi connectivity index (χ0n) is 14.8. The summed E-state index contributed by atoms with van der Waals surface area (Å²) in [5.74, 6) is 0. The second-order valence-corrected chi connectivity index (χ2v) is 7.49. The molecule has 128 valence electrons. The van der Waals surface area contributed by atoms with E-state index in [2.05, 4.69) is 37.3 Å². The quantitative estimate of drug-likeness (QED) is 0.809. The summed E-state index contributed by atoms with van der Waals surface area (Å²) in [5, 5.41) is 10.1. The lowest BCUT2D eigenvalue weighted by Crippen LogP contribution is -2.33. The van der Waals surface area contributed by atoms with Gasteiger partial charge in [-0.05, 0) is 49.7 Å². The van der Waals surface area contributed by atoms with Crippen LogP contribution in [0.4, 0.5) is 0 Å². The summed E-state index contributed by atoms with van der Waals surface area (Å²) in [6, 6.07) is 12.9. The molecular weight excluding hydrogens is 308 g/mol. The van der Waals surface area contributed by atoms with Crippen LogP contribution in [0.25, 0.3) is 11.1 Å². The summed E-state index contributed by atoms with van der Waals surface area (Å²) in [4.78, 5) is 5.09. The molecule has 3 heteroatoms. The van der Waals surface area contributed by atoms with E-state index in [1.165, 1.54) is 24.1 Å². The van der Waals surface area contributed by atoms with Gasteiger partial charge in [0.25, 0.3) is 0 Å². The molecule has 0 unspecified atom stereocenters. The van der Waals surface area contributed by atoms with E-state index in [0.29, 0.717) is 0 Å². The third kappa shape index (κ3) is 2.85. The third-order valence-electron chi connectivity index (χ3n) is 5.82. The van der Waals surface area contributed by atoms with Gasteiger partial charge in [0.15, 0.2) is 0 Å². The summed E-state index contributed by atoms with van der Waals surface area (Å²) < 4.78 is 5.58. The highest BCUT2D eigenvalue weighted by Gasteiger charge is 2.36. The Kier molecular flexibility index (Phi) is 4.31. The van der Waals surface area contributed by atoms with Gasteiger partial charge < -0.3 is 4.74 Å². The molecule has 0 radical (unpaired) electrons. The molecule has 0 atom stereocenters. The Morgan fingerprint density at radius 3 is 2.52 bits per heavy atom. The maximum Gasteiger partial charge on any atom is 0.102 e. The maximum absolute atomic E-state index is 10.1. The van der Waals surface area contributed by atoms with Crippen LogP contribution in [0.15, 0.2) is 30.3 Å². The number of aromatic nitrogens is 1. The fraction of sp³-hybridized carbons (Fsp3) is 0.455. The Balaban J connectivity index is 1.99. The van der Waals surface area contributed by atoms with Crippen molar-refractivity contribution < 1.29 is 4.74 Å². The molecule has 2 aliphatic rings. The van der Waals surface area contributed by atoms with Crippen LogP contribution in [0.5, 0.6) is 0 Å². The molecule has 0 saturated carbocycles. The zero-order chi connectivity index (χ0) is 17.3. The molecule has 0 bridgehead atoms. The molecule has 3 nitrogen and oxygen atoms in total. The van der Waals surface area contributed by atoms with Gasteiger partial charge in [0.05, 0.1) is 11.3 Å². The standard InChI is InChI=1S/C22H24N2O/c1-22(11-13-25-14-12-22)21-18(15-23)20(16-7-3-2-4-8-16)17-9-5-6-10-19(17)24-21/h2-4,7-8H,5-6,9-14H2,1H3. The normalized spacial score (nSPS) is 19.0. The van der Waals surface area contributed by atoms with Crippen molar-refractivity contribution in [1.29, 1.82) is 5.26 Å². The first-order chi connectivity index (χ1) is 12.2. The van der Waals surface area contributed by atoms with Crippen LogP contribution in [0.2, 0.25) is 0 Å². The molecule has 4 rings (SSSR count). The number of aryl methyl sites for hydroxylation is 1. The van der Waals surface area contributed by atoms with Crippen molar-refractivity contribution in [2.75, 3.05) is 13.2 Å². The van der Waals surface area contributed by atoms with Gasteiger partial charge in [0.1, 0.15) is 6.07 Å². The van der Waals surface area contributed by atoms with Gasteiger partial charge in [-0.3, -0.25) is 4.98 Å². The third-order valence-corrected chi connectivity index (χ3v) is 5.82. The molecule has 2 aromatic rings. The first-order valence-electron chi connectivity index (χ1n) is 9.32. The molecular formula is C22H24N2O. The van der Waals surface area contributed by atoms with Crippen LogP contribution in [0.1, 0.15) is 55.1 Å². The van der Waals surface area contributed by atoms with Gasteiger partial charge in [-0.1, -0.05) is 37.3 Å². The van der Waals surface area contributed by atoms with Crippen molar-refractivity contribution in [3.8, 4) is 17.2 Å². The molecule has 1 fully saturated rings. The molecule has 0 amide bonds. The van der Waals surface area contributed by atoms with E-state index in [1.807, 2.05) is 6.07 Å². The number of nitriles is 1. The molecule has 1 aromatic heterocycles. The minimum absolute atomic E-state index is 0.0701. The largest absolute Gasteiger partial charge is 0.381 e. The van der Waals surface area contributed by atoms with Gasteiger partial charge in [-0.25, -0.2) is 0 Å². The molecule has 25 heavy (non-hydrogen) atoms. The SMILES string of the molecule is CC1(c2nc3c(c(-c4ccccc4)c2C#N)CCCC3)CCOCC1. The average Bonchev–Trinajstić information content (AvgIpc) is 2.67. The number of hydrogen-bond acceptors (Lipinski definition) is 3. The van der Waals surface area contributed by atoms with Gasteiger partial charge in [-0.2, -0.15) is 5.26 Å². The highest BCUT2D eigenvalue weighted by atomic mass is 16.5. The summed E-state index contributed by atoms with van der Waals surface area (Å²) in [6.45, 7) is 3.75. The maximum atomic E-state index is 10.1. The zero-order valence-corrected chi connectivity index (χ0v) is 14.8. The fourth-order valence-electron chi connectivity index (χ4n) is 4.27. The molecule has 1 aliphatic carbocycles. The Morgan fingerprint density at radius 1 is 1.08 bits per heavy atom. The molecule has 0 N–H and O–H groups in total. The van der Waals surface area contributed by atoms with Gasteiger partial charge in [-0.15, -0.1) is 0 Å². The lowest BCUT2D eigenvalue weighted by Gasteiger charge is -2.35. The Labute approximate surface area is 149 Å². The van der Waals surface area contributed by atoms with Crippen LogP contribution < -0.4 is 0 Å². The van der Waals surface area contributed by atoms with E-state index in [0.717, 1.165) is 61.3 Å². The number of nitrogens with zero attached hydrogens (tertiary/aromatic N) is 2. The molecule has 1 saturated heterocycles. The van der Waals surface area contributed by atoms with Crippen molar-refractivity contribution in [3.05, 3.63) is 52.8 Å². The summed E-state index contributed by atoms with van der Waals surface area (Å²) in [7, 11) is 0. The van der Waals surface area contributed by atoms with Crippen LogP contribution in [0.3, 0.4) is 0 Å². The number of pyridine rings is 1. The van der Waals surface area contributed by atoms with Crippen molar-refractivity contribution in [2.45, 2.75) is 50.9 Å². The molecule has 1 aromatic carbocycles. The minimum atomic E-state index is -0.0701. The van der Waals surface area contributed by atoms with E-state index in [1.54, 1.807) is 0 Å². The summed E-state index contributed by atoms with van der Waals surface area (Å²) in [5.41, 5.74) is 6.51. The number of benzene rings is 1. The van der Waals surface area contributed by atoms with Crippen molar-refractivity contribution in [1.82, 2.24) is 4.98 Å². The van der Waals surface area contributed by atoms with Crippen LogP contribution in [0, 0.1) is 11.3 Å². The predicted molar refractivity (Wildman–Crippen MR) is 98.4 cm³/mol. The van der Waals surface area contributed by atoms with Gasteiger partial charge in [0, 0.05) is 29.9 Å². The smallest absolute Gasteiger partial charge is 0.102 e. The second kappa shape index (κ2) is 6.61. The first kappa shape index (κ1) is 16.3. The van der Waals surface area contributed by atoms with Crippen LogP contribution in [-0.2, 0) is 23.0 Å². The van der Waals surface area contributed by atoms with E-state index >= 15 is 0 Å². The number of hydrogen-bond donors (Lipinski definition) is 0. The minimum Gasteiger partial charge on any atom is -0.381 e. The van der Waals surface area contributed by atoms with Crippen molar-refractivity contribution >= 4 is 0 Å². The molecule has 2 heterocycles. The van der Waals surface area contributed by atoms with Gasteiger partial charge >= 0.3 is 0 Å². The Morgan fingerprint density at radius 2 is 1.80 bits per heavy atom. The highest BCUT2D eigenvalue weighted by Crippen LogP contribution is 2.41. The van der Waals surface area contributed by atoms with E-state index in [9.17, 15) is 5.26 Å². The summed E-state index contributed by atoms with van der Waals surface area (Å²) in [6.07, 6.45) is 6.30. The van der Waals surface area contributed by atoms with E-state index in [4.69, 9.17) is 9.72 Å². The lowest BCUT2D eigenvalue weighted by molar-refractivity contribution is 0.0549. The molecule has 1 aliphatic heterocycles. The first-order valence-corrected chi connectivity index (χ1v) is 9.32. The predicted octanol–water partition coefficient (Wildman–Crippen LogP) is 4.57. The lowest BCUT2D eigenvalue weighted by atomic mass is 9.74. The molecule has 0 spiro atoms. The number of fused-ring (bicyclic) bond motifs is 1. The fourth-order valence-corrected chi connectivity index (χ4v) is 4.27. The second-order valence-electron chi connectivity index (χ2n) is 7.49. The number of ether oxygens (including phenoxy) is 1. The topological polar surface area (TPSA) is 45.9 Å². The van der Waals surface area contributed by atoms with Crippen LogP contribution >= 0.6 is 0 Å². The summed E-state index contributed by atoms with van der Waals surface area (Å²) >= 11 is 0.